The van der Waals surface area contributed by atoms with Crippen LogP contribution in [0.5, 0.6) is 0 Å². The average molecular weight is 268 g/mol. The number of nitrogen functional groups attached to an aromatic ring is 1. The molecule has 0 saturated heterocycles. The molecule has 0 aromatic carbocycles. The smallest absolute Gasteiger partial charge is 0.147 e. The number of hydrogen-bond acceptors (Lipinski definition) is 3. The van der Waals surface area contributed by atoms with E-state index >= 15 is 0 Å². The number of pyridine rings is 1. The lowest BCUT2D eigenvalue weighted by Crippen LogP contribution is -2.37. The van der Waals surface area contributed by atoms with Gasteiger partial charge in [-0.2, -0.15) is 0 Å². The van der Waals surface area contributed by atoms with Crippen molar-refractivity contribution < 1.29 is 0 Å². The SMILES string of the molecule is CN(c1ncc(N)cc1Cl)C1CCC(C)(C)CC1. The summed E-state index contributed by atoms with van der Waals surface area (Å²) >= 11 is 6.22. The summed E-state index contributed by atoms with van der Waals surface area (Å²) in [6.45, 7) is 4.69. The van der Waals surface area contributed by atoms with E-state index in [-0.39, 0.29) is 0 Å². The van der Waals surface area contributed by atoms with Gasteiger partial charge >= 0.3 is 0 Å². The molecule has 0 spiro atoms. The number of nitrogens with zero attached hydrogens (tertiary/aromatic N) is 2. The van der Waals surface area contributed by atoms with E-state index in [1.54, 1.807) is 12.3 Å². The Labute approximate surface area is 114 Å². The maximum atomic E-state index is 6.22. The van der Waals surface area contributed by atoms with E-state index in [0.29, 0.717) is 22.2 Å². The van der Waals surface area contributed by atoms with Gasteiger partial charge in [0.15, 0.2) is 0 Å². The summed E-state index contributed by atoms with van der Waals surface area (Å²) in [5, 5.41) is 0.641. The van der Waals surface area contributed by atoms with E-state index in [0.717, 1.165) is 5.82 Å². The minimum Gasteiger partial charge on any atom is -0.397 e. The number of rotatable bonds is 2. The fourth-order valence-corrected chi connectivity index (χ4v) is 2.96. The second-order valence-electron chi connectivity index (χ2n) is 6.08. The van der Waals surface area contributed by atoms with Gasteiger partial charge in [0.1, 0.15) is 5.82 Å². The third kappa shape index (κ3) is 2.89. The van der Waals surface area contributed by atoms with Gasteiger partial charge in [-0.1, -0.05) is 25.4 Å². The molecule has 2 rings (SSSR count). The van der Waals surface area contributed by atoms with Crippen LogP contribution in [0.2, 0.25) is 5.02 Å². The largest absolute Gasteiger partial charge is 0.397 e. The Morgan fingerprint density at radius 1 is 1.39 bits per heavy atom. The van der Waals surface area contributed by atoms with Gasteiger partial charge in [0.25, 0.3) is 0 Å². The number of nitrogens with two attached hydrogens (primary N) is 1. The normalized spacial score (nSPS) is 19.8. The van der Waals surface area contributed by atoms with Gasteiger partial charge in [0, 0.05) is 13.1 Å². The summed E-state index contributed by atoms with van der Waals surface area (Å²) < 4.78 is 0. The first kappa shape index (κ1) is 13.5. The lowest BCUT2D eigenvalue weighted by atomic mass is 9.75. The molecule has 1 saturated carbocycles. The first-order valence-electron chi connectivity index (χ1n) is 6.53. The molecule has 1 aliphatic carbocycles. The van der Waals surface area contributed by atoms with Gasteiger partial charge in [-0.3, -0.25) is 0 Å². The molecule has 18 heavy (non-hydrogen) atoms. The van der Waals surface area contributed by atoms with E-state index < -0.39 is 0 Å². The molecule has 1 aliphatic rings. The highest BCUT2D eigenvalue weighted by Gasteiger charge is 2.29. The Balaban J connectivity index is 2.10. The Hall–Kier alpha value is -0.960. The number of anilines is 2. The Morgan fingerprint density at radius 2 is 2.00 bits per heavy atom. The Bertz CT molecular complexity index is 421. The fourth-order valence-electron chi connectivity index (χ4n) is 2.65. The highest BCUT2D eigenvalue weighted by Crippen LogP contribution is 2.38. The van der Waals surface area contributed by atoms with Crippen LogP contribution < -0.4 is 10.6 Å². The maximum Gasteiger partial charge on any atom is 0.147 e. The van der Waals surface area contributed by atoms with Gasteiger partial charge in [-0.25, -0.2) is 4.98 Å². The highest BCUT2D eigenvalue weighted by atomic mass is 35.5. The van der Waals surface area contributed by atoms with E-state index in [4.69, 9.17) is 17.3 Å². The van der Waals surface area contributed by atoms with Crippen LogP contribution in [0.15, 0.2) is 12.3 Å². The highest BCUT2D eigenvalue weighted by molar-refractivity contribution is 6.33. The second-order valence-corrected chi connectivity index (χ2v) is 6.49. The molecule has 100 valence electrons. The molecular formula is C14H22ClN3. The van der Waals surface area contributed by atoms with Gasteiger partial charge in [0.2, 0.25) is 0 Å². The van der Waals surface area contributed by atoms with Crippen molar-refractivity contribution in [3.05, 3.63) is 17.3 Å². The molecule has 1 aromatic rings. The quantitative estimate of drug-likeness (QED) is 0.888. The fraction of sp³-hybridized carbons (Fsp3) is 0.643. The first-order chi connectivity index (χ1) is 8.39. The van der Waals surface area contributed by atoms with Crippen LogP contribution in [0.3, 0.4) is 0 Å². The van der Waals surface area contributed by atoms with Crippen molar-refractivity contribution >= 4 is 23.1 Å². The molecule has 0 bridgehead atoms. The van der Waals surface area contributed by atoms with Gasteiger partial charge in [-0.05, 0) is 37.2 Å². The Kier molecular flexibility index (Phi) is 3.71. The molecule has 2 N–H and O–H groups in total. The summed E-state index contributed by atoms with van der Waals surface area (Å²) in [5.74, 6) is 0.843. The van der Waals surface area contributed by atoms with Crippen molar-refractivity contribution in [2.75, 3.05) is 17.7 Å². The molecule has 3 nitrogen and oxygen atoms in total. The lowest BCUT2D eigenvalue weighted by Gasteiger charge is -2.39. The van der Waals surface area contributed by atoms with Crippen LogP contribution in [-0.2, 0) is 0 Å². The van der Waals surface area contributed by atoms with E-state index in [2.05, 4.69) is 30.8 Å². The second kappa shape index (κ2) is 4.96. The lowest BCUT2D eigenvalue weighted by molar-refractivity contribution is 0.222. The van der Waals surface area contributed by atoms with Crippen molar-refractivity contribution in [1.29, 1.82) is 0 Å². The first-order valence-corrected chi connectivity index (χ1v) is 6.91. The predicted molar refractivity (Wildman–Crippen MR) is 78.1 cm³/mol. The summed E-state index contributed by atoms with van der Waals surface area (Å²) in [6, 6.07) is 2.30. The zero-order valence-electron chi connectivity index (χ0n) is 11.4. The van der Waals surface area contributed by atoms with Gasteiger partial charge in [-0.15, -0.1) is 0 Å². The minimum absolute atomic E-state index is 0.482. The van der Waals surface area contributed by atoms with Crippen molar-refractivity contribution in [1.82, 2.24) is 4.98 Å². The molecule has 1 aromatic heterocycles. The van der Waals surface area contributed by atoms with Crippen LogP contribution >= 0.6 is 11.6 Å². The summed E-state index contributed by atoms with van der Waals surface area (Å²) in [4.78, 5) is 6.56. The standard InChI is InChI=1S/C14H22ClN3/c1-14(2)6-4-11(5-7-14)18(3)13-12(15)8-10(16)9-17-13/h8-9,11H,4-7,16H2,1-3H3. The summed E-state index contributed by atoms with van der Waals surface area (Å²) in [7, 11) is 2.08. The Morgan fingerprint density at radius 3 is 2.56 bits per heavy atom. The summed E-state index contributed by atoms with van der Waals surface area (Å²) in [6.07, 6.45) is 6.59. The monoisotopic (exact) mass is 267 g/mol. The van der Waals surface area contributed by atoms with Crippen LogP contribution in [0.1, 0.15) is 39.5 Å². The third-order valence-corrected chi connectivity index (χ3v) is 4.31. The van der Waals surface area contributed by atoms with Crippen molar-refractivity contribution in [3.63, 3.8) is 0 Å². The van der Waals surface area contributed by atoms with Gasteiger partial charge < -0.3 is 10.6 Å². The molecule has 0 aliphatic heterocycles. The van der Waals surface area contributed by atoms with Crippen molar-refractivity contribution in [3.8, 4) is 0 Å². The van der Waals surface area contributed by atoms with Gasteiger partial charge in [0.05, 0.1) is 16.9 Å². The topological polar surface area (TPSA) is 42.2 Å². The molecule has 1 fully saturated rings. The molecule has 0 unspecified atom stereocenters. The van der Waals surface area contributed by atoms with E-state index in [1.807, 2.05) is 0 Å². The molecule has 0 amide bonds. The minimum atomic E-state index is 0.482. The molecule has 1 heterocycles. The van der Waals surface area contributed by atoms with Crippen molar-refractivity contribution in [2.45, 2.75) is 45.6 Å². The third-order valence-electron chi connectivity index (χ3n) is 4.03. The predicted octanol–water partition coefficient (Wildman–Crippen LogP) is 3.72. The molecular weight excluding hydrogens is 246 g/mol. The zero-order chi connectivity index (χ0) is 13.3. The van der Waals surface area contributed by atoms with Crippen molar-refractivity contribution in [2.24, 2.45) is 5.41 Å². The van der Waals surface area contributed by atoms with Crippen LogP contribution in [0.4, 0.5) is 11.5 Å². The van der Waals surface area contributed by atoms with E-state index in [1.165, 1.54) is 25.7 Å². The van der Waals surface area contributed by atoms with Crippen LogP contribution in [0, 0.1) is 5.41 Å². The van der Waals surface area contributed by atoms with E-state index in [9.17, 15) is 0 Å². The molecule has 0 radical (unpaired) electrons. The molecule has 4 heteroatoms. The average Bonchev–Trinajstić information content (AvgIpc) is 2.28. The zero-order valence-corrected chi connectivity index (χ0v) is 12.2. The number of halogens is 1. The number of hydrogen-bond donors (Lipinski definition) is 1. The molecule has 0 atom stereocenters. The van der Waals surface area contributed by atoms with Crippen LogP contribution in [-0.4, -0.2) is 18.1 Å². The maximum absolute atomic E-state index is 6.22. The van der Waals surface area contributed by atoms with Crippen LogP contribution in [0.25, 0.3) is 0 Å². The summed E-state index contributed by atoms with van der Waals surface area (Å²) in [5.41, 5.74) is 6.77. The number of aromatic nitrogens is 1.